The van der Waals surface area contributed by atoms with E-state index in [0.29, 0.717) is 18.0 Å². The van der Waals surface area contributed by atoms with E-state index in [1.807, 2.05) is 19.1 Å². The summed E-state index contributed by atoms with van der Waals surface area (Å²) in [7, 11) is 0.447. The van der Waals surface area contributed by atoms with E-state index in [0.717, 1.165) is 17.1 Å². The molecule has 0 heterocycles. The van der Waals surface area contributed by atoms with Crippen LogP contribution < -0.4 is 14.8 Å². The third-order valence-corrected chi connectivity index (χ3v) is 6.28. The fraction of sp³-hybridized carbons (Fsp3) is 0.381. The molecule has 1 amide bonds. The van der Waals surface area contributed by atoms with Crippen molar-refractivity contribution in [1.82, 2.24) is 9.62 Å². The van der Waals surface area contributed by atoms with E-state index in [9.17, 15) is 13.2 Å². The molecule has 8 heteroatoms. The van der Waals surface area contributed by atoms with Gasteiger partial charge in [0.25, 0.3) is 0 Å². The molecule has 2 aromatic rings. The standard InChI is InChI=1S/C21H28N2O5S/c1-16-7-5-8-17(13-16)9-6-12-22-21(24)15-23(2)29(25,26)18-10-11-19(27-3)20(14-18)28-4/h5,7-8,10-11,13-14H,6,9,12,15H2,1-4H3,(H,22,24). The molecular formula is C21H28N2O5S. The van der Waals surface area contributed by atoms with Gasteiger partial charge in [0.2, 0.25) is 15.9 Å². The second-order valence-electron chi connectivity index (χ2n) is 6.72. The maximum atomic E-state index is 12.7. The Kier molecular flexibility index (Phi) is 8.04. The van der Waals surface area contributed by atoms with Crippen molar-refractivity contribution in [2.24, 2.45) is 0 Å². The largest absolute Gasteiger partial charge is 0.493 e. The topological polar surface area (TPSA) is 84.9 Å². The summed E-state index contributed by atoms with van der Waals surface area (Å²) < 4.78 is 36.8. The van der Waals surface area contributed by atoms with Crippen LogP contribution in [-0.2, 0) is 21.2 Å². The highest BCUT2D eigenvalue weighted by molar-refractivity contribution is 7.89. The molecule has 0 unspecified atom stereocenters. The molecule has 2 aromatic carbocycles. The Hall–Kier alpha value is -2.58. The van der Waals surface area contributed by atoms with Crippen molar-refractivity contribution >= 4 is 15.9 Å². The molecule has 0 spiro atoms. The molecule has 0 saturated heterocycles. The first-order valence-electron chi connectivity index (χ1n) is 9.28. The zero-order valence-electron chi connectivity index (χ0n) is 17.3. The first-order chi connectivity index (χ1) is 13.8. The van der Waals surface area contributed by atoms with Crippen molar-refractivity contribution in [1.29, 1.82) is 0 Å². The fourth-order valence-electron chi connectivity index (χ4n) is 2.89. The summed E-state index contributed by atoms with van der Waals surface area (Å²) in [4.78, 5) is 12.2. The second kappa shape index (κ2) is 10.3. The summed E-state index contributed by atoms with van der Waals surface area (Å²) in [5.74, 6) is 0.392. The monoisotopic (exact) mass is 420 g/mol. The summed E-state index contributed by atoms with van der Waals surface area (Å²) in [6, 6.07) is 12.5. The van der Waals surface area contributed by atoms with Crippen molar-refractivity contribution in [2.75, 3.05) is 34.4 Å². The SMILES string of the molecule is COc1ccc(S(=O)(=O)N(C)CC(=O)NCCCc2cccc(C)c2)cc1OC. The van der Waals surface area contributed by atoms with Gasteiger partial charge in [-0.1, -0.05) is 29.8 Å². The smallest absolute Gasteiger partial charge is 0.243 e. The molecule has 158 valence electrons. The van der Waals surface area contributed by atoms with Crippen LogP contribution in [0, 0.1) is 6.92 Å². The van der Waals surface area contributed by atoms with Crippen LogP contribution in [0.3, 0.4) is 0 Å². The molecule has 1 N–H and O–H groups in total. The first-order valence-corrected chi connectivity index (χ1v) is 10.7. The lowest BCUT2D eigenvalue weighted by molar-refractivity contribution is -0.121. The molecule has 2 rings (SSSR count). The van der Waals surface area contributed by atoms with Gasteiger partial charge in [-0.3, -0.25) is 4.79 Å². The molecule has 0 aliphatic heterocycles. The van der Waals surface area contributed by atoms with Crippen LogP contribution >= 0.6 is 0 Å². The number of likely N-dealkylation sites (N-methyl/N-ethyl adjacent to an activating group) is 1. The van der Waals surface area contributed by atoms with Gasteiger partial charge in [-0.15, -0.1) is 0 Å². The van der Waals surface area contributed by atoms with E-state index < -0.39 is 10.0 Å². The van der Waals surface area contributed by atoms with Crippen LogP contribution in [0.15, 0.2) is 47.4 Å². The van der Waals surface area contributed by atoms with Crippen LogP contribution in [0.25, 0.3) is 0 Å². The van der Waals surface area contributed by atoms with Gasteiger partial charge in [0.1, 0.15) is 0 Å². The lowest BCUT2D eigenvalue weighted by Crippen LogP contribution is -2.38. The number of carbonyl (C=O) groups is 1. The summed E-state index contributed by atoms with van der Waals surface area (Å²) in [5, 5.41) is 2.77. The minimum Gasteiger partial charge on any atom is -0.493 e. The Morgan fingerprint density at radius 3 is 2.45 bits per heavy atom. The number of amides is 1. The molecule has 0 radical (unpaired) electrons. The average Bonchev–Trinajstić information content (AvgIpc) is 2.70. The number of ether oxygens (including phenoxy) is 2. The zero-order valence-corrected chi connectivity index (χ0v) is 18.1. The minimum absolute atomic E-state index is 0.0323. The number of nitrogens with one attached hydrogen (secondary N) is 1. The van der Waals surface area contributed by atoms with Crippen LogP contribution in [0.1, 0.15) is 17.5 Å². The molecule has 0 fully saturated rings. The number of aryl methyl sites for hydroxylation is 2. The molecule has 0 aliphatic carbocycles. The van der Waals surface area contributed by atoms with Gasteiger partial charge in [-0.25, -0.2) is 8.42 Å². The Balaban J connectivity index is 1.89. The molecule has 0 saturated carbocycles. The Labute approximate surface area is 172 Å². The van der Waals surface area contributed by atoms with E-state index in [2.05, 4.69) is 17.4 Å². The first kappa shape index (κ1) is 22.7. The van der Waals surface area contributed by atoms with E-state index in [4.69, 9.17) is 9.47 Å². The zero-order chi connectivity index (χ0) is 21.4. The fourth-order valence-corrected chi connectivity index (χ4v) is 4.03. The minimum atomic E-state index is -3.83. The summed E-state index contributed by atoms with van der Waals surface area (Å²) in [6.07, 6.45) is 1.63. The third kappa shape index (κ3) is 6.20. The molecule has 0 aliphatic rings. The van der Waals surface area contributed by atoms with Crippen molar-refractivity contribution in [3.8, 4) is 11.5 Å². The van der Waals surface area contributed by atoms with E-state index in [1.165, 1.54) is 50.6 Å². The van der Waals surface area contributed by atoms with E-state index in [-0.39, 0.29) is 17.3 Å². The number of hydrogen-bond donors (Lipinski definition) is 1. The van der Waals surface area contributed by atoms with Crippen molar-refractivity contribution in [2.45, 2.75) is 24.7 Å². The van der Waals surface area contributed by atoms with Gasteiger partial charge < -0.3 is 14.8 Å². The predicted molar refractivity (Wildman–Crippen MR) is 112 cm³/mol. The van der Waals surface area contributed by atoms with E-state index >= 15 is 0 Å². The number of methoxy groups -OCH3 is 2. The Morgan fingerprint density at radius 2 is 1.79 bits per heavy atom. The van der Waals surface area contributed by atoms with Crippen molar-refractivity contribution in [3.05, 3.63) is 53.6 Å². The summed E-state index contributed by atoms with van der Waals surface area (Å²) in [6.45, 7) is 2.26. The van der Waals surface area contributed by atoms with Crippen LogP contribution in [-0.4, -0.2) is 53.0 Å². The lowest BCUT2D eigenvalue weighted by Gasteiger charge is -2.18. The normalized spacial score (nSPS) is 11.3. The lowest BCUT2D eigenvalue weighted by atomic mass is 10.1. The maximum Gasteiger partial charge on any atom is 0.243 e. The maximum absolute atomic E-state index is 12.7. The predicted octanol–water partition coefficient (Wildman–Crippen LogP) is 2.38. The summed E-state index contributed by atoms with van der Waals surface area (Å²) in [5.41, 5.74) is 2.42. The van der Waals surface area contributed by atoms with Gasteiger partial charge in [0.15, 0.2) is 11.5 Å². The molecule has 0 aromatic heterocycles. The van der Waals surface area contributed by atoms with Crippen molar-refractivity contribution in [3.63, 3.8) is 0 Å². The van der Waals surface area contributed by atoms with E-state index in [1.54, 1.807) is 0 Å². The molecule has 0 atom stereocenters. The third-order valence-electron chi connectivity index (χ3n) is 4.48. The average molecular weight is 421 g/mol. The molecule has 29 heavy (non-hydrogen) atoms. The number of rotatable bonds is 10. The van der Waals surface area contributed by atoms with Crippen molar-refractivity contribution < 1.29 is 22.7 Å². The highest BCUT2D eigenvalue weighted by Gasteiger charge is 2.24. The molecular weight excluding hydrogens is 392 g/mol. The Bertz CT molecular complexity index is 944. The number of hydrogen-bond acceptors (Lipinski definition) is 5. The quantitative estimate of drug-likeness (QED) is 0.597. The summed E-state index contributed by atoms with van der Waals surface area (Å²) >= 11 is 0. The van der Waals surface area contributed by atoms with Gasteiger partial charge in [-0.05, 0) is 37.5 Å². The highest BCUT2D eigenvalue weighted by atomic mass is 32.2. The van der Waals surface area contributed by atoms with Gasteiger partial charge >= 0.3 is 0 Å². The van der Waals surface area contributed by atoms with Gasteiger partial charge in [-0.2, -0.15) is 4.31 Å². The Morgan fingerprint density at radius 1 is 1.07 bits per heavy atom. The van der Waals surface area contributed by atoms with Gasteiger partial charge in [0, 0.05) is 19.7 Å². The molecule has 7 nitrogen and oxygen atoms in total. The second-order valence-corrected chi connectivity index (χ2v) is 8.77. The highest BCUT2D eigenvalue weighted by Crippen LogP contribution is 2.30. The van der Waals surface area contributed by atoms with Crippen LogP contribution in [0.5, 0.6) is 11.5 Å². The number of benzene rings is 2. The molecule has 0 bridgehead atoms. The van der Waals surface area contributed by atoms with Gasteiger partial charge in [0.05, 0.1) is 25.7 Å². The number of carbonyl (C=O) groups excluding carboxylic acids is 1. The van der Waals surface area contributed by atoms with Crippen LogP contribution in [0.2, 0.25) is 0 Å². The number of sulfonamides is 1. The number of nitrogens with zero attached hydrogens (tertiary/aromatic N) is 1. The van der Waals surface area contributed by atoms with Crippen LogP contribution in [0.4, 0.5) is 0 Å².